The maximum atomic E-state index is 13.0. The van der Waals surface area contributed by atoms with Crippen LogP contribution in [0.5, 0.6) is 0 Å². The molecule has 2 aromatic carbocycles. The smallest absolute Gasteiger partial charge is 0.295 e. The first kappa shape index (κ1) is 18.5. The largest absolute Gasteiger partial charge is 0.507 e. The quantitative estimate of drug-likeness (QED) is 0.478. The highest BCUT2D eigenvalue weighted by molar-refractivity contribution is 6.46. The summed E-state index contributed by atoms with van der Waals surface area (Å²) in [4.78, 5) is 27.8. The fourth-order valence-electron chi connectivity index (χ4n) is 4.42. The molecule has 1 aliphatic carbocycles. The Bertz CT molecular complexity index is 909. The number of carbonyl (C=O) groups excluding carboxylic acids is 2. The van der Waals surface area contributed by atoms with Crippen LogP contribution in [0.1, 0.15) is 54.8 Å². The second-order valence-corrected chi connectivity index (χ2v) is 7.77. The Morgan fingerprint density at radius 1 is 0.929 bits per heavy atom. The number of hydrogen-bond donors (Lipinski definition) is 1. The molecular weight excluding hydrogens is 350 g/mol. The van der Waals surface area contributed by atoms with Crippen LogP contribution in [-0.4, -0.2) is 27.7 Å². The topological polar surface area (TPSA) is 57.6 Å². The zero-order chi connectivity index (χ0) is 19.7. The molecule has 144 valence electrons. The van der Waals surface area contributed by atoms with Crippen molar-refractivity contribution in [3.8, 4) is 0 Å². The number of hydrogen-bond acceptors (Lipinski definition) is 3. The summed E-state index contributed by atoms with van der Waals surface area (Å²) >= 11 is 0. The molecule has 1 saturated heterocycles. The second-order valence-electron chi connectivity index (χ2n) is 7.77. The van der Waals surface area contributed by atoms with Crippen molar-refractivity contribution >= 4 is 17.4 Å². The predicted octanol–water partition coefficient (Wildman–Crippen LogP) is 4.75. The molecule has 4 nitrogen and oxygen atoms in total. The van der Waals surface area contributed by atoms with Crippen LogP contribution in [0, 0.1) is 6.92 Å². The number of ketones is 1. The maximum Gasteiger partial charge on any atom is 0.295 e. The van der Waals surface area contributed by atoms with Gasteiger partial charge in [-0.1, -0.05) is 79.4 Å². The summed E-state index contributed by atoms with van der Waals surface area (Å²) in [6, 6.07) is 16.4. The second kappa shape index (κ2) is 7.63. The molecule has 1 heterocycles. The highest BCUT2D eigenvalue weighted by atomic mass is 16.3. The van der Waals surface area contributed by atoms with Crippen molar-refractivity contribution in [2.45, 2.75) is 51.1 Å². The summed E-state index contributed by atoms with van der Waals surface area (Å²) in [6.45, 7) is 1.97. The van der Waals surface area contributed by atoms with Crippen molar-refractivity contribution in [1.29, 1.82) is 0 Å². The Morgan fingerprint density at radius 2 is 1.57 bits per heavy atom. The lowest BCUT2D eigenvalue weighted by Gasteiger charge is -2.35. The van der Waals surface area contributed by atoms with Crippen LogP contribution in [-0.2, 0) is 9.59 Å². The first-order valence-corrected chi connectivity index (χ1v) is 10.00. The molecule has 1 aliphatic heterocycles. The molecule has 1 amide bonds. The summed E-state index contributed by atoms with van der Waals surface area (Å²) in [6.07, 6.45) is 5.10. The van der Waals surface area contributed by atoms with Crippen LogP contribution in [0.3, 0.4) is 0 Å². The van der Waals surface area contributed by atoms with Crippen LogP contribution in [0.4, 0.5) is 0 Å². The van der Waals surface area contributed by atoms with Crippen LogP contribution in [0.2, 0.25) is 0 Å². The van der Waals surface area contributed by atoms with Crippen molar-refractivity contribution in [1.82, 2.24) is 4.90 Å². The predicted molar refractivity (Wildman–Crippen MR) is 109 cm³/mol. The number of likely N-dealkylation sites (tertiary alicyclic amines) is 1. The van der Waals surface area contributed by atoms with E-state index < -0.39 is 17.7 Å². The summed E-state index contributed by atoms with van der Waals surface area (Å²) in [7, 11) is 0. The molecule has 0 spiro atoms. The Kier molecular flexibility index (Phi) is 5.03. The van der Waals surface area contributed by atoms with Crippen LogP contribution < -0.4 is 0 Å². The lowest BCUT2D eigenvalue weighted by atomic mass is 9.91. The molecule has 1 N–H and O–H groups in total. The molecule has 2 aliphatic rings. The lowest BCUT2D eigenvalue weighted by molar-refractivity contribution is -0.141. The molecule has 0 bridgehead atoms. The van der Waals surface area contributed by atoms with E-state index in [1.54, 1.807) is 17.0 Å². The fourth-order valence-corrected chi connectivity index (χ4v) is 4.42. The molecule has 0 aromatic heterocycles. The van der Waals surface area contributed by atoms with E-state index in [1.807, 2.05) is 49.4 Å². The third-order valence-electron chi connectivity index (χ3n) is 5.89. The van der Waals surface area contributed by atoms with E-state index in [9.17, 15) is 14.7 Å². The number of aryl methyl sites for hydroxylation is 1. The average molecular weight is 375 g/mol. The standard InChI is InChI=1S/C24H25NO3/c1-16-12-14-18(15-13-16)22(26)20-21(17-8-4-2-5-9-17)25(24(28)23(20)27)19-10-6-3-7-11-19/h2,4-5,8-9,12-15,19,21,26H,3,6-7,10-11H2,1H3/b22-20-. The number of carbonyl (C=O) groups is 2. The van der Waals surface area contributed by atoms with E-state index >= 15 is 0 Å². The van der Waals surface area contributed by atoms with Crippen LogP contribution in [0.15, 0.2) is 60.2 Å². The minimum atomic E-state index is -0.586. The van der Waals surface area contributed by atoms with Crippen molar-refractivity contribution in [3.63, 3.8) is 0 Å². The van der Waals surface area contributed by atoms with Crippen molar-refractivity contribution in [2.24, 2.45) is 0 Å². The summed E-state index contributed by atoms with van der Waals surface area (Å²) in [5, 5.41) is 11.0. The Balaban J connectivity index is 1.85. The number of aliphatic hydroxyl groups excluding tert-OH is 1. The van der Waals surface area contributed by atoms with Gasteiger partial charge in [0.1, 0.15) is 5.76 Å². The molecule has 2 aromatic rings. The number of rotatable bonds is 3. The Labute approximate surface area is 165 Å². The molecule has 1 saturated carbocycles. The van der Waals surface area contributed by atoms with Crippen LogP contribution in [0.25, 0.3) is 5.76 Å². The van der Waals surface area contributed by atoms with E-state index in [1.165, 1.54) is 6.42 Å². The third-order valence-corrected chi connectivity index (χ3v) is 5.89. The van der Waals surface area contributed by atoms with Crippen LogP contribution >= 0.6 is 0 Å². The van der Waals surface area contributed by atoms with E-state index in [0.29, 0.717) is 5.56 Å². The summed E-state index contributed by atoms with van der Waals surface area (Å²) in [5.41, 5.74) is 2.69. The maximum absolute atomic E-state index is 13.0. The molecular formula is C24H25NO3. The molecule has 1 atom stereocenters. The van der Waals surface area contributed by atoms with Gasteiger partial charge in [-0.05, 0) is 25.3 Å². The van der Waals surface area contributed by atoms with E-state index in [4.69, 9.17) is 0 Å². The van der Waals surface area contributed by atoms with Gasteiger partial charge in [0, 0.05) is 11.6 Å². The van der Waals surface area contributed by atoms with Crippen molar-refractivity contribution < 1.29 is 14.7 Å². The number of aliphatic hydroxyl groups is 1. The molecule has 0 radical (unpaired) electrons. The highest BCUT2D eigenvalue weighted by Gasteiger charge is 2.48. The summed E-state index contributed by atoms with van der Waals surface area (Å²) in [5.74, 6) is -1.17. The fraction of sp³-hybridized carbons (Fsp3) is 0.333. The van der Waals surface area contributed by atoms with Gasteiger partial charge in [-0.3, -0.25) is 9.59 Å². The zero-order valence-corrected chi connectivity index (χ0v) is 16.1. The Morgan fingerprint density at radius 3 is 2.21 bits per heavy atom. The van der Waals surface area contributed by atoms with Crippen molar-refractivity contribution in [2.75, 3.05) is 0 Å². The van der Waals surface area contributed by atoms with Gasteiger partial charge >= 0.3 is 0 Å². The lowest BCUT2D eigenvalue weighted by Crippen LogP contribution is -2.40. The van der Waals surface area contributed by atoms with Gasteiger partial charge < -0.3 is 10.0 Å². The molecule has 4 heteroatoms. The minimum absolute atomic E-state index is 0.0405. The minimum Gasteiger partial charge on any atom is -0.507 e. The monoisotopic (exact) mass is 375 g/mol. The first-order valence-electron chi connectivity index (χ1n) is 10.00. The van der Waals surface area contributed by atoms with Gasteiger partial charge in [0.15, 0.2) is 0 Å². The first-order chi connectivity index (χ1) is 13.6. The van der Waals surface area contributed by atoms with Gasteiger partial charge in [-0.25, -0.2) is 0 Å². The van der Waals surface area contributed by atoms with Crippen molar-refractivity contribution in [3.05, 3.63) is 76.9 Å². The molecule has 28 heavy (non-hydrogen) atoms. The number of benzene rings is 2. The summed E-state index contributed by atoms with van der Waals surface area (Å²) < 4.78 is 0. The molecule has 1 unspecified atom stereocenters. The average Bonchev–Trinajstić information content (AvgIpc) is 3.00. The SMILES string of the molecule is Cc1ccc(/C(O)=C2/C(=O)C(=O)N(C3CCCCC3)C2c2ccccc2)cc1. The van der Waals surface area contributed by atoms with Gasteiger partial charge in [0.05, 0.1) is 11.6 Å². The number of Topliss-reactive ketones (excluding diaryl/α,β-unsaturated/α-hetero) is 1. The Hall–Kier alpha value is -2.88. The van der Waals surface area contributed by atoms with Gasteiger partial charge in [-0.15, -0.1) is 0 Å². The van der Waals surface area contributed by atoms with Gasteiger partial charge in [0.25, 0.3) is 11.7 Å². The van der Waals surface area contributed by atoms with E-state index in [0.717, 1.165) is 36.8 Å². The van der Waals surface area contributed by atoms with Gasteiger partial charge in [0.2, 0.25) is 0 Å². The number of nitrogens with zero attached hydrogens (tertiary/aromatic N) is 1. The van der Waals surface area contributed by atoms with E-state index in [-0.39, 0.29) is 17.4 Å². The van der Waals surface area contributed by atoms with E-state index in [2.05, 4.69) is 0 Å². The van der Waals surface area contributed by atoms with Gasteiger partial charge in [-0.2, -0.15) is 0 Å². The zero-order valence-electron chi connectivity index (χ0n) is 16.1. The normalized spacial score (nSPS) is 22.6. The highest BCUT2D eigenvalue weighted by Crippen LogP contribution is 2.42. The number of amides is 1. The third kappa shape index (κ3) is 3.24. The molecule has 2 fully saturated rings. The molecule has 4 rings (SSSR count).